The van der Waals surface area contributed by atoms with Crippen molar-refractivity contribution in [3.8, 4) is 0 Å². The molecule has 1 saturated heterocycles. The zero-order valence-corrected chi connectivity index (χ0v) is 15.6. The Hall–Kier alpha value is -1.18. The third-order valence-corrected chi connectivity index (χ3v) is 6.77. The van der Waals surface area contributed by atoms with Gasteiger partial charge in [-0.3, -0.25) is 9.69 Å². The number of fused-ring (bicyclic) bond motifs is 2. The molecule has 7 heteroatoms. The first-order valence-corrected chi connectivity index (χ1v) is 9.70. The number of rotatable bonds is 2. The van der Waals surface area contributed by atoms with Gasteiger partial charge >= 0.3 is 0 Å². The van der Waals surface area contributed by atoms with Crippen LogP contribution < -0.4 is 5.56 Å². The maximum Gasteiger partial charge on any atom is 0.247 e. The Morgan fingerprint density at radius 1 is 1.52 bits per heavy atom. The number of pyridine rings is 1. The van der Waals surface area contributed by atoms with E-state index in [1.54, 1.807) is 12.3 Å². The number of nitrogens with zero attached hydrogens (tertiary/aromatic N) is 1. The summed E-state index contributed by atoms with van der Waals surface area (Å²) in [4.78, 5) is 17.4. The van der Waals surface area contributed by atoms with Gasteiger partial charge in [-0.05, 0) is 31.4 Å². The number of aliphatic hydroxyl groups excluding tert-OH is 1. The summed E-state index contributed by atoms with van der Waals surface area (Å²) in [6, 6.07) is 5.65. The highest BCUT2D eigenvalue weighted by Gasteiger charge is 2.46. The fourth-order valence-electron chi connectivity index (χ4n) is 3.97. The van der Waals surface area contributed by atoms with E-state index in [1.807, 2.05) is 12.1 Å². The summed E-state index contributed by atoms with van der Waals surface area (Å²) in [5.74, 6) is 0. The first kappa shape index (κ1) is 17.2. The van der Waals surface area contributed by atoms with Crippen molar-refractivity contribution in [3.05, 3.63) is 55.1 Å². The Balaban J connectivity index is 1.54. The minimum Gasteiger partial charge on any atom is -0.386 e. The van der Waals surface area contributed by atoms with Crippen molar-refractivity contribution in [2.45, 2.75) is 44.1 Å². The number of hydrogen-bond donors (Lipinski definition) is 2. The molecule has 134 valence electrons. The maximum atomic E-state index is 11.2. The molecule has 2 aromatic heterocycles. The molecule has 0 aliphatic carbocycles. The molecule has 0 unspecified atom stereocenters. The quantitative estimate of drug-likeness (QED) is 0.840. The zero-order valence-electron chi connectivity index (χ0n) is 14.0. The number of halogens is 1. The normalized spacial score (nSPS) is 29.7. The molecule has 0 bridgehead atoms. The van der Waals surface area contributed by atoms with Gasteiger partial charge in [-0.15, -0.1) is 11.3 Å². The summed E-state index contributed by atoms with van der Waals surface area (Å²) in [7, 11) is 0. The Labute approximate surface area is 155 Å². The molecule has 25 heavy (non-hydrogen) atoms. The average Bonchev–Trinajstić information content (AvgIpc) is 2.99. The molecule has 2 N–H and O–H groups in total. The van der Waals surface area contributed by atoms with Crippen molar-refractivity contribution >= 4 is 22.9 Å². The highest BCUT2D eigenvalue weighted by atomic mass is 35.5. The van der Waals surface area contributed by atoms with E-state index in [0.29, 0.717) is 17.0 Å². The SMILES string of the molecule is C[C@H]1C[C@@]2(CCN1Cc1ccc(=O)[nH]c1)OC[C@H](O)c1cc(Cl)sc12. The van der Waals surface area contributed by atoms with Gasteiger partial charge < -0.3 is 14.8 Å². The van der Waals surface area contributed by atoms with Crippen LogP contribution >= 0.6 is 22.9 Å². The fraction of sp³-hybridized carbons (Fsp3) is 0.500. The van der Waals surface area contributed by atoms with Crippen LogP contribution in [0.15, 0.2) is 29.2 Å². The maximum absolute atomic E-state index is 11.2. The summed E-state index contributed by atoms with van der Waals surface area (Å²) >= 11 is 7.75. The Bertz CT molecular complexity index is 815. The minimum atomic E-state index is -0.584. The van der Waals surface area contributed by atoms with E-state index >= 15 is 0 Å². The second-order valence-corrected chi connectivity index (χ2v) is 8.67. The molecular formula is C18H21ClN2O3S. The summed E-state index contributed by atoms with van der Waals surface area (Å²) in [6.07, 6.45) is 2.94. The summed E-state index contributed by atoms with van der Waals surface area (Å²) in [5, 5.41) is 10.2. The highest BCUT2D eigenvalue weighted by molar-refractivity contribution is 7.16. The van der Waals surface area contributed by atoms with Gasteiger partial charge in [0.05, 0.1) is 10.9 Å². The lowest BCUT2D eigenvalue weighted by Gasteiger charge is -2.47. The van der Waals surface area contributed by atoms with Gasteiger partial charge in [0, 0.05) is 41.8 Å². The van der Waals surface area contributed by atoms with Gasteiger partial charge in [-0.2, -0.15) is 0 Å². The van der Waals surface area contributed by atoms with E-state index in [2.05, 4.69) is 16.8 Å². The summed E-state index contributed by atoms with van der Waals surface area (Å²) in [6.45, 7) is 4.22. The molecule has 2 aromatic rings. The van der Waals surface area contributed by atoms with Crippen LogP contribution in [0.25, 0.3) is 0 Å². The Morgan fingerprint density at radius 2 is 2.36 bits per heavy atom. The second kappa shape index (κ2) is 6.52. The van der Waals surface area contributed by atoms with Gasteiger partial charge in [0.15, 0.2) is 0 Å². The van der Waals surface area contributed by atoms with Crippen LogP contribution in [-0.4, -0.2) is 34.2 Å². The summed E-state index contributed by atoms with van der Waals surface area (Å²) < 4.78 is 6.88. The van der Waals surface area contributed by atoms with Crippen molar-refractivity contribution < 1.29 is 9.84 Å². The van der Waals surface area contributed by atoms with Gasteiger partial charge in [0.2, 0.25) is 5.56 Å². The fourth-order valence-corrected chi connectivity index (χ4v) is 5.44. The van der Waals surface area contributed by atoms with Gasteiger partial charge in [-0.25, -0.2) is 0 Å². The molecule has 2 aliphatic rings. The lowest BCUT2D eigenvalue weighted by atomic mass is 9.81. The summed E-state index contributed by atoms with van der Waals surface area (Å²) in [5.41, 5.74) is 1.61. The van der Waals surface area contributed by atoms with E-state index in [4.69, 9.17) is 16.3 Å². The van der Waals surface area contributed by atoms with Crippen molar-refractivity contribution in [1.82, 2.24) is 9.88 Å². The smallest absolute Gasteiger partial charge is 0.247 e. The molecule has 0 amide bonds. The second-order valence-electron chi connectivity index (χ2n) is 6.99. The molecule has 2 aliphatic heterocycles. The largest absolute Gasteiger partial charge is 0.386 e. The number of piperidine rings is 1. The number of aromatic amines is 1. The van der Waals surface area contributed by atoms with Crippen LogP contribution in [0.1, 0.15) is 41.9 Å². The van der Waals surface area contributed by atoms with E-state index in [1.165, 1.54) is 11.3 Å². The predicted molar refractivity (Wildman–Crippen MR) is 98.1 cm³/mol. The molecule has 1 spiro atoms. The monoisotopic (exact) mass is 380 g/mol. The van der Waals surface area contributed by atoms with E-state index in [0.717, 1.165) is 41.9 Å². The molecule has 5 nitrogen and oxygen atoms in total. The van der Waals surface area contributed by atoms with Crippen molar-refractivity contribution in [2.75, 3.05) is 13.2 Å². The number of likely N-dealkylation sites (tertiary alicyclic amines) is 1. The molecular weight excluding hydrogens is 360 g/mol. The number of ether oxygens (including phenoxy) is 1. The van der Waals surface area contributed by atoms with Crippen LogP contribution in [0.2, 0.25) is 4.34 Å². The zero-order chi connectivity index (χ0) is 17.6. The Morgan fingerprint density at radius 3 is 3.08 bits per heavy atom. The number of thiophene rings is 1. The molecule has 1 fully saturated rings. The topological polar surface area (TPSA) is 65.6 Å². The molecule has 3 atom stereocenters. The molecule has 0 aromatic carbocycles. The van der Waals surface area contributed by atoms with Gasteiger partial charge in [0.25, 0.3) is 0 Å². The van der Waals surface area contributed by atoms with E-state index < -0.39 is 6.10 Å². The lowest BCUT2D eigenvalue weighted by Crippen LogP contribution is -2.50. The third-order valence-electron chi connectivity index (χ3n) is 5.31. The van der Waals surface area contributed by atoms with Crippen LogP contribution in [0.5, 0.6) is 0 Å². The van der Waals surface area contributed by atoms with Gasteiger partial charge in [-0.1, -0.05) is 17.7 Å². The Kier molecular flexibility index (Phi) is 4.50. The van der Waals surface area contributed by atoms with E-state index in [-0.39, 0.29) is 11.2 Å². The third kappa shape index (κ3) is 3.17. The van der Waals surface area contributed by atoms with Gasteiger partial charge in [0.1, 0.15) is 11.7 Å². The van der Waals surface area contributed by atoms with E-state index in [9.17, 15) is 9.90 Å². The predicted octanol–water partition coefficient (Wildman–Crippen LogP) is 3.03. The van der Waals surface area contributed by atoms with Crippen LogP contribution in [0, 0.1) is 0 Å². The highest BCUT2D eigenvalue weighted by Crippen LogP contribution is 2.50. The lowest BCUT2D eigenvalue weighted by molar-refractivity contribution is -0.139. The van der Waals surface area contributed by atoms with Crippen molar-refractivity contribution in [3.63, 3.8) is 0 Å². The number of hydrogen-bond acceptors (Lipinski definition) is 5. The first-order chi connectivity index (χ1) is 12.0. The standard InChI is InChI=1S/C18H21ClN2O3S/c1-11-7-18(17-13(6-15(19)25-17)14(22)10-24-18)4-5-21(11)9-12-2-3-16(23)20-8-12/h2-3,6,8,11,14,22H,4-5,7,9-10H2,1H3,(H,20,23)/t11-,14-,18+/m0/s1. The molecule has 0 saturated carbocycles. The molecule has 4 heterocycles. The van der Waals surface area contributed by atoms with Crippen molar-refractivity contribution in [2.24, 2.45) is 0 Å². The van der Waals surface area contributed by atoms with Crippen molar-refractivity contribution in [1.29, 1.82) is 0 Å². The number of aromatic nitrogens is 1. The first-order valence-electron chi connectivity index (χ1n) is 8.50. The number of H-pyrrole nitrogens is 1. The van der Waals surface area contributed by atoms with Crippen LogP contribution in [0.3, 0.4) is 0 Å². The number of aliphatic hydroxyl groups is 1. The average molecular weight is 381 g/mol. The minimum absolute atomic E-state index is 0.0781. The van der Waals surface area contributed by atoms with Crippen LogP contribution in [-0.2, 0) is 16.9 Å². The molecule has 0 radical (unpaired) electrons. The molecule has 4 rings (SSSR count). The van der Waals surface area contributed by atoms with Crippen LogP contribution in [0.4, 0.5) is 0 Å². The number of nitrogens with one attached hydrogen (secondary N) is 1.